The maximum Gasteiger partial charge on any atom is 0.159 e. The largest absolute Gasteiger partial charge is 0.469 e. The minimum Gasteiger partial charge on any atom is -0.469 e. The van der Waals surface area contributed by atoms with Crippen LogP contribution in [-0.4, -0.2) is 10.2 Å². The molecule has 3 aliphatic rings. The Morgan fingerprint density at radius 3 is 3.05 bits per heavy atom. The fourth-order valence-electron chi connectivity index (χ4n) is 4.64. The van der Waals surface area contributed by atoms with Crippen molar-refractivity contribution in [2.24, 2.45) is 17.8 Å². The van der Waals surface area contributed by atoms with Gasteiger partial charge >= 0.3 is 0 Å². The van der Waals surface area contributed by atoms with Gasteiger partial charge in [0, 0.05) is 10.1 Å². The lowest BCUT2D eigenvalue weighted by Gasteiger charge is -2.39. The first kappa shape index (κ1) is 12.1. The molecule has 5 atom stereocenters. The van der Waals surface area contributed by atoms with Crippen molar-refractivity contribution >= 4 is 35.3 Å². The fourth-order valence-corrected chi connectivity index (χ4v) is 7.96. The SMILES string of the molecule is S=c1[nH]c2c(s1)C(c1ccco1)C1C3CCC(C3)C1S2. The number of nitrogens with one attached hydrogen (secondary N) is 1. The summed E-state index contributed by atoms with van der Waals surface area (Å²) in [6.45, 7) is 0. The van der Waals surface area contributed by atoms with Crippen LogP contribution in [0, 0.1) is 21.7 Å². The zero-order chi connectivity index (χ0) is 13.3. The zero-order valence-electron chi connectivity index (χ0n) is 10.9. The first-order valence-electron chi connectivity index (χ1n) is 7.24. The van der Waals surface area contributed by atoms with E-state index in [1.54, 1.807) is 11.3 Å². The molecular formula is C15H15NOS3. The molecule has 0 radical (unpaired) electrons. The van der Waals surface area contributed by atoms with E-state index in [2.05, 4.69) is 22.8 Å². The van der Waals surface area contributed by atoms with E-state index in [0.29, 0.717) is 5.92 Å². The van der Waals surface area contributed by atoms with Gasteiger partial charge in [0.2, 0.25) is 0 Å². The lowest BCUT2D eigenvalue weighted by Crippen LogP contribution is -2.33. The van der Waals surface area contributed by atoms with Crippen molar-refractivity contribution in [2.45, 2.75) is 35.5 Å². The van der Waals surface area contributed by atoms with E-state index in [-0.39, 0.29) is 0 Å². The van der Waals surface area contributed by atoms with Crippen molar-refractivity contribution in [1.29, 1.82) is 0 Å². The molecule has 5 rings (SSSR count). The van der Waals surface area contributed by atoms with E-state index < -0.39 is 0 Å². The summed E-state index contributed by atoms with van der Waals surface area (Å²) in [4.78, 5) is 4.84. The molecule has 0 amide bonds. The number of hydrogen-bond acceptors (Lipinski definition) is 4. The van der Waals surface area contributed by atoms with E-state index in [1.807, 2.05) is 12.3 Å². The van der Waals surface area contributed by atoms with Crippen LogP contribution in [0.1, 0.15) is 35.8 Å². The molecule has 3 heterocycles. The van der Waals surface area contributed by atoms with Crippen LogP contribution in [0.25, 0.3) is 0 Å². The van der Waals surface area contributed by atoms with Crippen LogP contribution in [0.3, 0.4) is 0 Å². The van der Waals surface area contributed by atoms with Crippen molar-refractivity contribution in [2.75, 3.05) is 0 Å². The smallest absolute Gasteiger partial charge is 0.159 e. The Kier molecular flexibility index (Phi) is 2.56. The van der Waals surface area contributed by atoms with Crippen LogP contribution in [0.5, 0.6) is 0 Å². The summed E-state index contributed by atoms with van der Waals surface area (Å²) in [6.07, 6.45) is 6.07. The molecule has 2 saturated carbocycles. The Labute approximate surface area is 131 Å². The molecule has 5 unspecified atom stereocenters. The molecule has 2 aromatic rings. The number of aromatic amines is 1. The molecule has 0 aromatic carbocycles. The molecule has 5 heteroatoms. The van der Waals surface area contributed by atoms with Crippen LogP contribution >= 0.6 is 35.3 Å². The highest BCUT2D eigenvalue weighted by molar-refractivity contribution is 8.00. The van der Waals surface area contributed by atoms with Crippen molar-refractivity contribution < 1.29 is 4.42 Å². The molecule has 2 bridgehead atoms. The molecule has 0 saturated heterocycles. The summed E-state index contributed by atoms with van der Waals surface area (Å²) in [5.74, 6) is 4.11. The van der Waals surface area contributed by atoms with Gasteiger partial charge in [0.1, 0.15) is 5.76 Å². The van der Waals surface area contributed by atoms with Crippen LogP contribution in [0.4, 0.5) is 0 Å². The number of aromatic nitrogens is 1. The number of hydrogen-bond donors (Lipinski definition) is 1. The topological polar surface area (TPSA) is 28.9 Å². The Morgan fingerprint density at radius 2 is 2.20 bits per heavy atom. The zero-order valence-corrected chi connectivity index (χ0v) is 13.3. The number of H-pyrrole nitrogens is 1. The molecule has 20 heavy (non-hydrogen) atoms. The third-order valence-corrected chi connectivity index (χ3v) is 8.29. The molecular weight excluding hydrogens is 306 g/mol. The van der Waals surface area contributed by atoms with Gasteiger partial charge in [0.25, 0.3) is 0 Å². The summed E-state index contributed by atoms with van der Waals surface area (Å²) >= 11 is 9.20. The van der Waals surface area contributed by atoms with Gasteiger partial charge in [0.15, 0.2) is 3.95 Å². The Balaban J connectivity index is 1.71. The van der Waals surface area contributed by atoms with Gasteiger partial charge in [0.05, 0.1) is 17.2 Å². The van der Waals surface area contributed by atoms with Gasteiger partial charge in [-0.1, -0.05) is 0 Å². The van der Waals surface area contributed by atoms with Gasteiger partial charge in [-0.05, 0) is 61.4 Å². The minimum atomic E-state index is 0.430. The summed E-state index contributed by atoms with van der Waals surface area (Å²) in [5, 5.41) is 2.08. The van der Waals surface area contributed by atoms with Crippen LogP contribution in [0.2, 0.25) is 0 Å². The van der Waals surface area contributed by atoms with E-state index in [1.165, 1.54) is 29.2 Å². The minimum absolute atomic E-state index is 0.430. The molecule has 2 nitrogen and oxygen atoms in total. The number of thiazole rings is 1. The number of fused-ring (bicyclic) bond motifs is 6. The molecule has 2 fully saturated rings. The summed E-state index contributed by atoms with van der Waals surface area (Å²) in [6, 6.07) is 4.17. The molecule has 0 spiro atoms. The van der Waals surface area contributed by atoms with Crippen molar-refractivity contribution in [3.8, 4) is 0 Å². The lowest BCUT2D eigenvalue weighted by molar-refractivity contribution is 0.283. The summed E-state index contributed by atoms with van der Waals surface area (Å²) in [7, 11) is 0. The lowest BCUT2D eigenvalue weighted by atomic mass is 9.77. The summed E-state index contributed by atoms with van der Waals surface area (Å²) < 4.78 is 6.71. The molecule has 2 aromatic heterocycles. The number of thioether (sulfide) groups is 1. The average molecular weight is 321 g/mol. The van der Waals surface area contributed by atoms with Crippen molar-refractivity contribution in [3.05, 3.63) is 33.0 Å². The first-order chi connectivity index (χ1) is 9.81. The van der Waals surface area contributed by atoms with Gasteiger partial charge < -0.3 is 9.40 Å². The molecule has 104 valence electrons. The Morgan fingerprint density at radius 1 is 1.30 bits per heavy atom. The fraction of sp³-hybridized carbons (Fsp3) is 0.533. The highest BCUT2D eigenvalue weighted by atomic mass is 32.2. The predicted molar refractivity (Wildman–Crippen MR) is 84.0 cm³/mol. The first-order valence-corrected chi connectivity index (χ1v) is 9.35. The van der Waals surface area contributed by atoms with Gasteiger partial charge in [-0.25, -0.2) is 0 Å². The van der Waals surface area contributed by atoms with Crippen LogP contribution in [0.15, 0.2) is 27.8 Å². The van der Waals surface area contributed by atoms with Crippen LogP contribution in [-0.2, 0) is 0 Å². The second kappa shape index (κ2) is 4.24. The standard InChI is InChI=1S/C15H15NOS3/c18-15-16-14-13(20-15)11(9-2-1-5-17-9)10-7-3-4-8(6-7)12(10)19-14/h1-2,5,7-8,10-12H,3-4,6H2,(H,16,18). The quantitative estimate of drug-likeness (QED) is 0.745. The maximum absolute atomic E-state index is 5.80. The number of rotatable bonds is 1. The van der Waals surface area contributed by atoms with Gasteiger partial charge in [-0.3, -0.25) is 0 Å². The molecule has 2 aliphatic carbocycles. The third kappa shape index (κ3) is 1.54. The molecule has 1 N–H and O–H groups in total. The van der Waals surface area contributed by atoms with Crippen LogP contribution < -0.4 is 0 Å². The number of furan rings is 1. The second-order valence-electron chi connectivity index (χ2n) is 6.19. The average Bonchev–Trinajstić information content (AvgIpc) is 3.19. The monoisotopic (exact) mass is 321 g/mol. The van der Waals surface area contributed by atoms with E-state index in [4.69, 9.17) is 16.6 Å². The van der Waals surface area contributed by atoms with Crippen molar-refractivity contribution in [1.82, 2.24) is 4.98 Å². The predicted octanol–water partition coefficient (Wildman–Crippen LogP) is 5.05. The maximum atomic E-state index is 5.80. The second-order valence-corrected chi connectivity index (χ2v) is 9.10. The highest BCUT2D eigenvalue weighted by Gasteiger charge is 2.55. The highest BCUT2D eigenvalue weighted by Crippen LogP contribution is 2.63. The summed E-state index contributed by atoms with van der Waals surface area (Å²) in [5.41, 5.74) is 0. The third-order valence-electron chi connectivity index (χ3n) is 5.32. The Hall–Kier alpha value is -0.520. The Bertz CT molecular complexity index is 701. The van der Waals surface area contributed by atoms with Gasteiger partial charge in [-0.2, -0.15) is 0 Å². The normalized spacial score (nSPS) is 37.9. The molecule has 1 aliphatic heterocycles. The van der Waals surface area contributed by atoms with Crippen molar-refractivity contribution in [3.63, 3.8) is 0 Å². The van der Waals surface area contributed by atoms with E-state index >= 15 is 0 Å². The van der Waals surface area contributed by atoms with Gasteiger partial charge in [-0.15, -0.1) is 23.1 Å². The van der Waals surface area contributed by atoms with E-state index in [0.717, 1.165) is 32.7 Å². The van der Waals surface area contributed by atoms with E-state index in [9.17, 15) is 0 Å².